The molecule has 0 spiro atoms. The van der Waals surface area contributed by atoms with Gasteiger partial charge in [0.2, 0.25) is 0 Å². The third kappa shape index (κ3) is 7.42. The summed E-state index contributed by atoms with van der Waals surface area (Å²) in [6.07, 6.45) is 9.20. The second-order valence-corrected chi connectivity index (χ2v) is 10.9. The number of carboxylic acids is 1. The molecule has 3 nitrogen and oxygen atoms in total. The highest BCUT2D eigenvalue weighted by atomic mass is 16.5. The predicted octanol–water partition coefficient (Wildman–Crippen LogP) is 10.4. The summed E-state index contributed by atoms with van der Waals surface area (Å²) in [6.45, 7) is 1.43. The molecule has 0 amide bonds. The molecule has 0 fully saturated rings. The molecule has 0 aliphatic heterocycles. The summed E-state index contributed by atoms with van der Waals surface area (Å²) in [5, 5.41) is 13.8. The van der Waals surface area contributed by atoms with Gasteiger partial charge in [-0.2, -0.15) is 0 Å². The fourth-order valence-electron chi connectivity index (χ4n) is 5.85. The van der Waals surface area contributed by atoms with Crippen LogP contribution in [-0.4, -0.2) is 17.7 Å². The van der Waals surface area contributed by atoms with Crippen molar-refractivity contribution in [2.75, 3.05) is 6.61 Å². The Bertz CT molecular complexity index is 1500. The first-order valence-corrected chi connectivity index (χ1v) is 15.1. The van der Waals surface area contributed by atoms with Crippen LogP contribution in [0.1, 0.15) is 63.4 Å². The van der Waals surface area contributed by atoms with Crippen LogP contribution in [0.5, 0.6) is 0 Å². The Morgan fingerprint density at radius 2 is 0.951 bits per heavy atom. The summed E-state index contributed by atoms with van der Waals surface area (Å²) in [4.78, 5) is 10.5. The van der Waals surface area contributed by atoms with Gasteiger partial charge in [-0.3, -0.25) is 4.79 Å². The van der Waals surface area contributed by atoms with Crippen LogP contribution in [0.25, 0.3) is 43.8 Å². The van der Waals surface area contributed by atoms with Crippen LogP contribution in [0.3, 0.4) is 0 Å². The number of hydrogen-bond acceptors (Lipinski definition) is 2. The molecule has 0 aromatic heterocycles. The maximum absolute atomic E-state index is 10.5. The van der Waals surface area contributed by atoms with E-state index in [-0.39, 0.29) is 0 Å². The zero-order valence-corrected chi connectivity index (χ0v) is 23.9. The lowest BCUT2D eigenvalue weighted by molar-refractivity contribution is -0.137. The van der Waals surface area contributed by atoms with Crippen LogP contribution in [0.2, 0.25) is 0 Å². The van der Waals surface area contributed by atoms with Crippen LogP contribution in [-0.2, 0) is 16.1 Å². The van der Waals surface area contributed by atoms with Gasteiger partial charge in [0.25, 0.3) is 0 Å². The Morgan fingerprint density at radius 3 is 1.46 bits per heavy atom. The molecule has 0 aliphatic carbocycles. The number of hydrogen-bond donors (Lipinski definition) is 1. The van der Waals surface area contributed by atoms with Gasteiger partial charge in [-0.1, -0.05) is 142 Å². The third-order valence-electron chi connectivity index (χ3n) is 7.93. The fraction of sp³-hybridized carbons (Fsp3) is 0.289. The summed E-state index contributed by atoms with van der Waals surface area (Å²) >= 11 is 0. The lowest BCUT2D eigenvalue weighted by atomic mass is 9.86. The highest BCUT2D eigenvalue weighted by Gasteiger charge is 2.16. The number of unbranched alkanes of at least 4 members (excludes halogenated alkanes) is 7. The standard InChI is InChI=1S/C38H40O3/c39-36(40)22-10-5-3-1-2-4-6-15-27-41-28-29-23-25-31(26-24-29)38-34-20-13-11-18-32(34)37(30-16-8-7-9-17-30)33-19-12-14-21-35(33)38/h7-9,11-14,16-21,23-26H,1-6,10,15,22,27-28H2,(H,39,40). The number of carbonyl (C=O) groups is 1. The molecule has 3 heteroatoms. The topological polar surface area (TPSA) is 46.5 Å². The van der Waals surface area contributed by atoms with Gasteiger partial charge in [0.1, 0.15) is 0 Å². The van der Waals surface area contributed by atoms with Crippen molar-refractivity contribution in [1.82, 2.24) is 0 Å². The van der Waals surface area contributed by atoms with Crippen molar-refractivity contribution < 1.29 is 14.6 Å². The lowest BCUT2D eigenvalue weighted by Gasteiger charge is -2.18. The molecule has 41 heavy (non-hydrogen) atoms. The second-order valence-electron chi connectivity index (χ2n) is 10.9. The minimum atomic E-state index is -0.683. The summed E-state index contributed by atoms with van der Waals surface area (Å²) in [6, 6.07) is 37.2. The summed E-state index contributed by atoms with van der Waals surface area (Å²) < 4.78 is 6.00. The minimum Gasteiger partial charge on any atom is -0.481 e. The second kappa shape index (κ2) is 14.6. The largest absolute Gasteiger partial charge is 0.481 e. The Labute approximate surface area is 243 Å². The van der Waals surface area contributed by atoms with Gasteiger partial charge < -0.3 is 9.84 Å². The van der Waals surface area contributed by atoms with Gasteiger partial charge in [-0.15, -0.1) is 0 Å². The van der Waals surface area contributed by atoms with Gasteiger partial charge in [0, 0.05) is 13.0 Å². The van der Waals surface area contributed by atoms with E-state index in [1.807, 2.05) is 0 Å². The first-order chi connectivity index (χ1) is 20.2. The fourth-order valence-corrected chi connectivity index (χ4v) is 5.85. The van der Waals surface area contributed by atoms with Crippen molar-refractivity contribution in [2.45, 2.75) is 64.4 Å². The molecular weight excluding hydrogens is 504 g/mol. The van der Waals surface area contributed by atoms with E-state index in [9.17, 15) is 4.79 Å². The van der Waals surface area contributed by atoms with E-state index in [0.29, 0.717) is 13.0 Å². The van der Waals surface area contributed by atoms with E-state index in [1.165, 1.54) is 75.0 Å². The highest BCUT2D eigenvalue weighted by molar-refractivity contribution is 6.21. The molecule has 0 unspecified atom stereocenters. The van der Waals surface area contributed by atoms with E-state index in [4.69, 9.17) is 9.84 Å². The first kappa shape index (κ1) is 28.6. The molecule has 1 N–H and O–H groups in total. The Morgan fingerprint density at radius 1 is 0.512 bits per heavy atom. The number of ether oxygens (including phenoxy) is 1. The van der Waals surface area contributed by atoms with E-state index >= 15 is 0 Å². The maximum atomic E-state index is 10.5. The molecule has 5 aromatic rings. The SMILES string of the molecule is O=C(O)CCCCCCCCCCOCc1ccc(-c2c3ccccc3c(-c3ccccc3)c3ccccc23)cc1. The van der Waals surface area contributed by atoms with Crippen LogP contribution < -0.4 is 0 Å². The van der Waals surface area contributed by atoms with Crippen molar-refractivity contribution in [3.63, 3.8) is 0 Å². The quantitative estimate of drug-likeness (QED) is 0.105. The molecule has 0 saturated carbocycles. The van der Waals surface area contributed by atoms with Gasteiger partial charge in [-0.05, 0) is 62.2 Å². The zero-order valence-electron chi connectivity index (χ0n) is 23.9. The van der Waals surface area contributed by atoms with Gasteiger partial charge >= 0.3 is 5.97 Å². The molecule has 0 atom stereocenters. The molecular formula is C38H40O3. The molecule has 5 aromatic carbocycles. The molecule has 210 valence electrons. The van der Waals surface area contributed by atoms with E-state index in [0.717, 1.165) is 32.3 Å². The summed E-state index contributed by atoms with van der Waals surface area (Å²) in [5.41, 5.74) is 6.24. The van der Waals surface area contributed by atoms with Crippen molar-refractivity contribution in [1.29, 1.82) is 0 Å². The number of rotatable bonds is 15. The minimum absolute atomic E-state index is 0.301. The van der Waals surface area contributed by atoms with Crippen LogP contribution in [0, 0.1) is 0 Å². The normalized spacial score (nSPS) is 11.3. The molecule has 0 radical (unpaired) electrons. The van der Waals surface area contributed by atoms with Crippen molar-refractivity contribution >= 4 is 27.5 Å². The van der Waals surface area contributed by atoms with Crippen molar-refractivity contribution in [2.24, 2.45) is 0 Å². The molecule has 0 saturated heterocycles. The Hall–Kier alpha value is -3.95. The Kier molecular flexibility index (Phi) is 10.2. The number of fused-ring (bicyclic) bond motifs is 2. The zero-order chi connectivity index (χ0) is 28.3. The van der Waals surface area contributed by atoms with Crippen LogP contribution >= 0.6 is 0 Å². The average Bonchev–Trinajstić information content (AvgIpc) is 3.01. The monoisotopic (exact) mass is 544 g/mol. The first-order valence-electron chi connectivity index (χ1n) is 15.1. The maximum Gasteiger partial charge on any atom is 0.303 e. The third-order valence-corrected chi connectivity index (χ3v) is 7.93. The highest BCUT2D eigenvalue weighted by Crippen LogP contribution is 2.43. The Balaban J connectivity index is 1.20. The number of benzene rings is 5. The van der Waals surface area contributed by atoms with Crippen LogP contribution in [0.4, 0.5) is 0 Å². The molecule has 0 bridgehead atoms. The van der Waals surface area contributed by atoms with Crippen LogP contribution in [0.15, 0.2) is 103 Å². The van der Waals surface area contributed by atoms with Gasteiger partial charge in [0.15, 0.2) is 0 Å². The molecule has 5 rings (SSSR count). The van der Waals surface area contributed by atoms with E-state index in [2.05, 4.69) is 103 Å². The summed E-state index contributed by atoms with van der Waals surface area (Å²) in [7, 11) is 0. The number of carboxylic acid groups (broad SMARTS) is 1. The number of aliphatic carboxylic acids is 1. The van der Waals surface area contributed by atoms with Gasteiger partial charge in [-0.25, -0.2) is 0 Å². The lowest BCUT2D eigenvalue weighted by Crippen LogP contribution is -1.96. The summed E-state index contributed by atoms with van der Waals surface area (Å²) in [5.74, 6) is -0.683. The van der Waals surface area contributed by atoms with E-state index in [1.54, 1.807) is 0 Å². The van der Waals surface area contributed by atoms with E-state index < -0.39 is 5.97 Å². The molecule has 0 aliphatic rings. The smallest absolute Gasteiger partial charge is 0.303 e. The molecule has 0 heterocycles. The van der Waals surface area contributed by atoms with Gasteiger partial charge in [0.05, 0.1) is 6.61 Å². The average molecular weight is 545 g/mol. The van der Waals surface area contributed by atoms with Crippen molar-refractivity contribution in [3.05, 3.63) is 109 Å². The van der Waals surface area contributed by atoms with Crippen molar-refractivity contribution in [3.8, 4) is 22.3 Å². The predicted molar refractivity (Wildman–Crippen MR) is 171 cm³/mol.